The van der Waals surface area contributed by atoms with Crippen LogP contribution < -0.4 is 0 Å². The maximum atomic E-state index is 13.9. The Kier molecular flexibility index (Phi) is 6.37. The number of sulfone groups is 1. The lowest BCUT2D eigenvalue weighted by molar-refractivity contribution is -0.131. The highest BCUT2D eigenvalue weighted by Crippen LogP contribution is 2.31. The summed E-state index contributed by atoms with van der Waals surface area (Å²) in [4.78, 5) is 19.3. The Morgan fingerprint density at radius 2 is 1.94 bits per heavy atom. The number of benzene rings is 2. The Morgan fingerprint density at radius 3 is 2.64 bits per heavy atom. The zero-order valence-electron chi connectivity index (χ0n) is 18.1. The summed E-state index contributed by atoms with van der Waals surface area (Å²) in [6, 6.07) is 12.3. The molecule has 1 aliphatic heterocycles. The second-order valence-corrected chi connectivity index (χ2v) is 10.2. The van der Waals surface area contributed by atoms with Crippen LogP contribution >= 0.6 is 0 Å². The van der Waals surface area contributed by atoms with Crippen LogP contribution in [0, 0.1) is 11.2 Å². The molecule has 33 heavy (non-hydrogen) atoms. The number of hydrogen-bond acceptors (Lipinski definition) is 6. The summed E-state index contributed by atoms with van der Waals surface area (Å²) in [5, 5.41) is 15.3. The number of hydrogen-bond donors (Lipinski definition) is 2. The smallest absolute Gasteiger partial charge is 0.228 e. The molecule has 8 nitrogen and oxygen atoms in total. The van der Waals surface area contributed by atoms with Gasteiger partial charge in [0.15, 0.2) is 15.7 Å². The molecule has 0 spiro atoms. The zero-order chi connectivity index (χ0) is 23.6. The van der Waals surface area contributed by atoms with Crippen molar-refractivity contribution in [3.63, 3.8) is 0 Å². The van der Waals surface area contributed by atoms with E-state index in [9.17, 15) is 17.6 Å². The highest BCUT2D eigenvalue weighted by atomic mass is 32.2. The minimum atomic E-state index is -3.29. The fraction of sp³-hybridized carbons (Fsp3) is 0.304. The Bertz CT molecular complexity index is 1290. The lowest BCUT2D eigenvalue weighted by Crippen LogP contribution is -2.32. The summed E-state index contributed by atoms with van der Waals surface area (Å²) >= 11 is 0. The van der Waals surface area contributed by atoms with Crippen molar-refractivity contribution in [3.05, 3.63) is 65.7 Å². The highest BCUT2D eigenvalue weighted by molar-refractivity contribution is 7.90. The van der Waals surface area contributed by atoms with Crippen molar-refractivity contribution in [2.24, 2.45) is 0 Å². The summed E-state index contributed by atoms with van der Waals surface area (Å²) < 4.78 is 37.1. The highest BCUT2D eigenvalue weighted by Gasteiger charge is 2.32. The fourth-order valence-corrected chi connectivity index (χ4v) is 4.60. The van der Waals surface area contributed by atoms with Crippen LogP contribution in [-0.2, 0) is 21.1 Å². The number of amides is 1. The molecule has 1 fully saturated rings. The van der Waals surface area contributed by atoms with Gasteiger partial charge in [-0.1, -0.05) is 18.2 Å². The van der Waals surface area contributed by atoms with Gasteiger partial charge in [0.1, 0.15) is 11.6 Å². The molecule has 1 amide bonds. The molecule has 4 rings (SSSR count). The van der Waals surface area contributed by atoms with Crippen LogP contribution in [0.3, 0.4) is 0 Å². The Morgan fingerprint density at radius 1 is 1.21 bits per heavy atom. The molecule has 1 saturated heterocycles. The van der Waals surface area contributed by atoms with E-state index in [4.69, 9.17) is 5.41 Å². The van der Waals surface area contributed by atoms with E-state index in [1.54, 1.807) is 35.2 Å². The van der Waals surface area contributed by atoms with E-state index >= 15 is 0 Å². The van der Waals surface area contributed by atoms with Crippen LogP contribution in [0.1, 0.15) is 36.7 Å². The Hall–Kier alpha value is -3.40. The molecule has 1 unspecified atom stereocenters. The van der Waals surface area contributed by atoms with Crippen molar-refractivity contribution in [1.29, 1.82) is 5.41 Å². The number of likely N-dealkylation sites (tertiary alicyclic amines) is 1. The second kappa shape index (κ2) is 9.22. The summed E-state index contributed by atoms with van der Waals surface area (Å²) in [6.45, 7) is 0.551. The first-order chi connectivity index (χ1) is 15.7. The molecule has 0 bridgehead atoms. The van der Waals surface area contributed by atoms with Crippen LogP contribution in [0.4, 0.5) is 4.39 Å². The third-order valence-electron chi connectivity index (χ3n) is 5.66. The van der Waals surface area contributed by atoms with E-state index in [1.807, 2.05) is 0 Å². The number of carbonyl (C=O) groups excluding carboxylic acids is 1. The topological polar surface area (TPSA) is 120 Å². The van der Waals surface area contributed by atoms with Crippen molar-refractivity contribution in [2.75, 3.05) is 12.8 Å². The van der Waals surface area contributed by atoms with Gasteiger partial charge in [-0.3, -0.25) is 9.89 Å². The molecule has 0 saturated carbocycles. The lowest BCUT2D eigenvalue weighted by Gasteiger charge is -2.23. The standard InChI is InChI=1S/C23H24FN5O3S/c1-33(31,32)18-10-8-15(9-11-18)22-26-23(28-27-22)20-7-4-12-29(20)21(30)14-17(25)13-16-5-2-3-6-19(16)24/h2-3,5-6,8-11,20,25H,4,7,12-14H2,1H3,(H,26,27,28). The molecule has 2 N–H and O–H groups in total. The van der Waals surface area contributed by atoms with Crippen LogP contribution in [0.15, 0.2) is 53.4 Å². The van der Waals surface area contributed by atoms with Crippen molar-refractivity contribution >= 4 is 21.5 Å². The summed E-state index contributed by atoms with van der Waals surface area (Å²) in [5.41, 5.74) is 1.21. The lowest BCUT2D eigenvalue weighted by atomic mass is 10.1. The van der Waals surface area contributed by atoms with Crippen molar-refractivity contribution in [2.45, 2.75) is 36.6 Å². The molecule has 0 radical (unpaired) electrons. The third kappa shape index (κ3) is 5.16. The monoisotopic (exact) mass is 469 g/mol. The molecular weight excluding hydrogens is 445 g/mol. The third-order valence-corrected chi connectivity index (χ3v) is 6.79. The molecule has 2 heterocycles. The predicted octanol–water partition coefficient (Wildman–Crippen LogP) is 3.33. The van der Waals surface area contributed by atoms with Gasteiger partial charge in [0, 0.05) is 30.5 Å². The van der Waals surface area contributed by atoms with Crippen LogP contribution in [0.2, 0.25) is 0 Å². The van der Waals surface area contributed by atoms with E-state index in [-0.39, 0.29) is 41.2 Å². The molecule has 1 atom stereocenters. The average Bonchev–Trinajstić information content (AvgIpc) is 3.44. The largest absolute Gasteiger partial charge is 0.332 e. The van der Waals surface area contributed by atoms with Crippen molar-refractivity contribution in [3.8, 4) is 11.4 Å². The molecule has 0 aliphatic carbocycles. The van der Waals surface area contributed by atoms with Gasteiger partial charge in [-0.05, 0) is 48.7 Å². The number of rotatable bonds is 7. The molecule has 172 valence electrons. The molecule has 1 aromatic heterocycles. The quantitative estimate of drug-likeness (QED) is 0.514. The summed E-state index contributed by atoms with van der Waals surface area (Å²) in [5.74, 6) is 0.377. The van der Waals surface area contributed by atoms with Gasteiger partial charge in [-0.15, -0.1) is 0 Å². The van der Waals surface area contributed by atoms with Crippen LogP contribution in [0.5, 0.6) is 0 Å². The van der Waals surface area contributed by atoms with Gasteiger partial charge in [-0.2, -0.15) is 5.10 Å². The minimum absolute atomic E-state index is 0.0845. The molecule has 3 aromatic rings. The number of carbonyl (C=O) groups is 1. The SMILES string of the molecule is CS(=O)(=O)c1ccc(-c2n[nH]c(C3CCCN3C(=O)CC(=N)Cc3ccccc3F)n2)cc1. The van der Waals surface area contributed by atoms with Crippen LogP contribution in [-0.4, -0.2) is 52.9 Å². The van der Waals surface area contributed by atoms with E-state index in [1.165, 1.54) is 18.2 Å². The van der Waals surface area contributed by atoms with Crippen molar-refractivity contribution in [1.82, 2.24) is 20.1 Å². The maximum absolute atomic E-state index is 13.9. The predicted molar refractivity (Wildman–Crippen MR) is 121 cm³/mol. The minimum Gasteiger partial charge on any atom is -0.332 e. The van der Waals surface area contributed by atoms with E-state index in [0.29, 0.717) is 35.7 Å². The fourth-order valence-electron chi connectivity index (χ4n) is 3.97. The molecular formula is C23H24FN5O3S. The number of nitrogens with one attached hydrogen (secondary N) is 2. The average molecular weight is 470 g/mol. The number of aromatic nitrogens is 3. The zero-order valence-corrected chi connectivity index (χ0v) is 18.9. The van der Waals surface area contributed by atoms with E-state index in [2.05, 4.69) is 15.2 Å². The van der Waals surface area contributed by atoms with E-state index < -0.39 is 9.84 Å². The summed E-state index contributed by atoms with van der Waals surface area (Å²) in [6.07, 6.45) is 2.67. The van der Waals surface area contributed by atoms with Gasteiger partial charge in [0.25, 0.3) is 0 Å². The van der Waals surface area contributed by atoms with Gasteiger partial charge >= 0.3 is 0 Å². The molecule has 1 aliphatic rings. The van der Waals surface area contributed by atoms with E-state index in [0.717, 1.165) is 12.7 Å². The number of nitrogens with zero attached hydrogens (tertiary/aromatic N) is 3. The Balaban J connectivity index is 1.44. The number of H-pyrrole nitrogens is 1. The van der Waals surface area contributed by atoms with Gasteiger partial charge in [-0.25, -0.2) is 17.8 Å². The van der Waals surface area contributed by atoms with Gasteiger partial charge in [0.05, 0.1) is 17.4 Å². The molecule has 2 aromatic carbocycles. The van der Waals surface area contributed by atoms with Crippen molar-refractivity contribution < 1.29 is 17.6 Å². The van der Waals surface area contributed by atoms with Gasteiger partial charge in [0.2, 0.25) is 5.91 Å². The first-order valence-electron chi connectivity index (χ1n) is 10.5. The van der Waals surface area contributed by atoms with Crippen LogP contribution in [0.25, 0.3) is 11.4 Å². The number of aromatic amines is 1. The maximum Gasteiger partial charge on any atom is 0.228 e. The first kappa shape index (κ1) is 22.8. The normalized spacial score (nSPS) is 16.2. The summed E-state index contributed by atoms with van der Waals surface area (Å²) in [7, 11) is -3.29. The Labute approximate surface area is 191 Å². The second-order valence-electron chi connectivity index (χ2n) is 8.13. The van der Waals surface area contributed by atoms with Gasteiger partial charge < -0.3 is 10.3 Å². The number of halogens is 1. The first-order valence-corrected chi connectivity index (χ1v) is 12.4. The molecule has 10 heteroatoms.